The lowest BCUT2D eigenvalue weighted by Crippen LogP contribution is -2.23. The van der Waals surface area contributed by atoms with E-state index < -0.39 is 0 Å². The highest BCUT2D eigenvalue weighted by atomic mass is 16.2. The van der Waals surface area contributed by atoms with Gasteiger partial charge >= 0.3 is 0 Å². The van der Waals surface area contributed by atoms with E-state index >= 15 is 0 Å². The van der Waals surface area contributed by atoms with Gasteiger partial charge in [0, 0.05) is 77.4 Å². The van der Waals surface area contributed by atoms with Crippen molar-refractivity contribution in [3.8, 4) is 22.5 Å². The van der Waals surface area contributed by atoms with E-state index in [1.165, 1.54) is 0 Å². The van der Waals surface area contributed by atoms with Crippen LogP contribution in [0.1, 0.15) is 32.7 Å². The number of aryl methyl sites for hydroxylation is 4. The van der Waals surface area contributed by atoms with E-state index in [9.17, 15) is 4.79 Å². The lowest BCUT2D eigenvalue weighted by atomic mass is 10.0. The summed E-state index contributed by atoms with van der Waals surface area (Å²) < 4.78 is 1.80. The Bertz CT molecular complexity index is 1970. The summed E-state index contributed by atoms with van der Waals surface area (Å²) in [4.78, 5) is 37.2. The highest BCUT2D eigenvalue weighted by Crippen LogP contribution is 2.39. The Morgan fingerprint density at radius 3 is 2.66 bits per heavy atom. The van der Waals surface area contributed by atoms with Gasteiger partial charge in [-0.15, -0.1) is 0 Å². The van der Waals surface area contributed by atoms with Gasteiger partial charge in [0.1, 0.15) is 0 Å². The predicted molar refractivity (Wildman–Crippen MR) is 158 cm³/mol. The quantitative estimate of drug-likeness (QED) is 0.290. The maximum Gasteiger partial charge on any atom is 0.259 e. The first kappa shape index (κ1) is 24.6. The van der Waals surface area contributed by atoms with Crippen molar-refractivity contribution in [2.75, 3.05) is 10.2 Å². The van der Waals surface area contributed by atoms with Crippen molar-refractivity contribution >= 4 is 34.3 Å². The summed E-state index contributed by atoms with van der Waals surface area (Å²) in [6.07, 6.45) is 9.05. The number of nitrogens with one attached hydrogen (secondary N) is 2. The first-order valence-electron chi connectivity index (χ1n) is 13.3. The third kappa shape index (κ3) is 4.11. The van der Waals surface area contributed by atoms with E-state index in [2.05, 4.69) is 30.4 Å². The van der Waals surface area contributed by atoms with Gasteiger partial charge in [0.25, 0.3) is 5.91 Å². The summed E-state index contributed by atoms with van der Waals surface area (Å²) in [5.41, 5.74) is 9.66. The van der Waals surface area contributed by atoms with Crippen LogP contribution in [-0.4, -0.2) is 40.6 Å². The van der Waals surface area contributed by atoms with Gasteiger partial charge in [-0.25, -0.2) is 9.97 Å². The molecule has 7 rings (SSSR count). The Morgan fingerprint density at radius 1 is 0.976 bits per heavy atom. The second kappa shape index (κ2) is 9.37. The topological polar surface area (TPSA) is 118 Å². The summed E-state index contributed by atoms with van der Waals surface area (Å²) in [5.74, 6) is 1.09. The molecule has 41 heavy (non-hydrogen) atoms. The number of pyridine rings is 2. The van der Waals surface area contributed by atoms with Crippen LogP contribution < -0.4 is 10.2 Å². The molecule has 2 N–H and O–H groups in total. The third-order valence-electron chi connectivity index (χ3n) is 7.56. The Kier molecular flexibility index (Phi) is 5.63. The van der Waals surface area contributed by atoms with Gasteiger partial charge in [-0.3, -0.25) is 19.4 Å². The highest BCUT2D eigenvalue weighted by Gasteiger charge is 2.32. The van der Waals surface area contributed by atoms with Crippen molar-refractivity contribution in [3.63, 3.8) is 0 Å². The van der Waals surface area contributed by atoms with E-state index in [1.807, 2.05) is 75.4 Å². The number of hydrogen-bond donors (Lipinski definition) is 2. The van der Waals surface area contributed by atoms with Crippen LogP contribution in [0.15, 0.2) is 67.4 Å². The molecule has 6 heterocycles. The average molecular weight is 542 g/mol. The molecule has 0 saturated heterocycles. The lowest BCUT2D eigenvalue weighted by molar-refractivity contribution is 0.0997. The molecule has 0 unspecified atom stereocenters. The summed E-state index contributed by atoms with van der Waals surface area (Å²) >= 11 is 0. The smallest absolute Gasteiger partial charge is 0.259 e. The number of carbonyl (C=O) groups excluding carboxylic acids is 1. The average Bonchev–Trinajstić information content (AvgIpc) is 3.64. The minimum absolute atomic E-state index is 0.0525. The molecule has 5 aromatic heterocycles. The van der Waals surface area contributed by atoms with Crippen LogP contribution in [0, 0.1) is 20.8 Å². The van der Waals surface area contributed by atoms with Crippen molar-refractivity contribution in [2.45, 2.75) is 27.3 Å². The van der Waals surface area contributed by atoms with Crippen molar-refractivity contribution in [1.29, 1.82) is 0 Å². The molecule has 0 bridgehead atoms. The van der Waals surface area contributed by atoms with Crippen LogP contribution in [0.25, 0.3) is 33.4 Å². The summed E-state index contributed by atoms with van der Waals surface area (Å²) in [6, 6.07) is 11.8. The van der Waals surface area contributed by atoms with Gasteiger partial charge in [-0.2, -0.15) is 5.10 Å². The summed E-state index contributed by atoms with van der Waals surface area (Å²) in [6.45, 7) is 6.40. The van der Waals surface area contributed by atoms with E-state index in [0.717, 1.165) is 61.5 Å². The first-order valence-corrected chi connectivity index (χ1v) is 13.3. The number of amides is 1. The molecule has 0 radical (unpaired) electrons. The zero-order chi connectivity index (χ0) is 28.2. The zero-order valence-electron chi connectivity index (χ0n) is 23.1. The maximum absolute atomic E-state index is 13.7. The number of aromatic amines is 1. The summed E-state index contributed by atoms with van der Waals surface area (Å²) in [7, 11) is 1.90. The molecule has 6 aromatic rings. The molecule has 10 nitrogen and oxygen atoms in total. The van der Waals surface area contributed by atoms with Gasteiger partial charge < -0.3 is 15.2 Å². The Hall–Kier alpha value is -5.38. The second-order valence-corrected chi connectivity index (χ2v) is 10.4. The van der Waals surface area contributed by atoms with Crippen LogP contribution in [0.3, 0.4) is 0 Å². The largest absolute Gasteiger partial charge is 0.359 e. The molecular weight excluding hydrogens is 514 g/mol. The molecule has 1 amide bonds. The zero-order valence-corrected chi connectivity index (χ0v) is 23.1. The predicted octanol–water partition coefficient (Wildman–Crippen LogP) is 5.64. The molecule has 1 aliphatic heterocycles. The van der Waals surface area contributed by atoms with Gasteiger partial charge in [-0.1, -0.05) is 12.1 Å². The molecule has 0 fully saturated rings. The SMILES string of the molecule is Cc1cncc(-c2nccc3c2CN(c2cccc4c(-c5nc(Nc6cc(C)n(C)n6)ncc5C)c[nH]c24)C3=O)c1. The number of carbonyl (C=O) groups is 1. The number of rotatable bonds is 5. The fourth-order valence-electron chi connectivity index (χ4n) is 5.43. The van der Waals surface area contributed by atoms with Crippen LogP contribution in [0.5, 0.6) is 0 Å². The second-order valence-electron chi connectivity index (χ2n) is 10.4. The van der Waals surface area contributed by atoms with Crippen molar-refractivity contribution in [1.82, 2.24) is 34.7 Å². The Morgan fingerprint density at radius 2 is 1.85 bits per heavy atom. The highest BCUT2D eigenvalue weighted by molar-refractivity contribution is 6.15. The molecule has 0 atom stereocenters. The van der Waals surface area contributed by atoms with Gasteiger partial charge in [0.15, 0.2) is 5.82 Å². The molecule has 0 saturated carbocycles. The molecule has 1 aliphatic rings. The van der Waals surface area contributed by atoms with Crippen LogP contribution >= 0.6 is 0 Å². The number of para-hydroxylation sites is 1. The van der Waals surface area contributed by atoms with E-state index in [-0.39, 0.29) is 5.91 Å². The number of aromatic nitrogens is 7. The van der Waals surface area contributed by atoms with E-state index in [0.29, 0.717) is 23.9 Å². The van der Waals surface area contributed by atoms with Gasteiger partial charge in [-0.05, 0) is 50.1 Å². The molecule has 0 aliphatic carbocycles. The van der Waals surface area contributed by atoms with Crippen LogP contribution in [0.4, 0.5) is 17.5 Å². The molecular formula is C31H27N9O. The Labute approximate surface area is 236 Å². The number of H-pyrrole nitrogens is 1. The number of nitrogens with zero attached hydrogens (tertiary/aromatic N) is 7. The third-order valence-corrected chi connectivity index (χ3v) is 7.56. The number of hydrogen-bond acceptors (Lipinski definition) is 7. The fraction of sp³-hybridized carbons (Fsp3) is 0.161. The minimum atomic E-state index is -0.0525. The first-order chi connectivity index (χ1) is 19.9. The molecule has 1 aromatic carbocycles. The van der Waals surface area contributed by atoms with Crippen molar-refractivity contribution < 1.29 is 4.79 Å². The normalized spacial score (nSPS) is 12.8. The standard InChI is InChI=1S/C31H27N9O/c1-17-10-20(14-32-12-17)28-24-16-40(30(41)22(24)8-9-33-28)25-7-5-6-21-23(15-34-29(21)25)27-18(2)13-35-31(37-27)36-26-11-19(3)39(4)38-26/h5-15,34H,16H2,1-4H3,(H,35,36,37,38). The van der Waals surface area contributed by atoms with Gasteiger partial charge in [0.05, 0.1) is 29.1 Å². The van der Waals surface area contributed by atoms with Crippen LogP contribution in [0.2, 0.25) is 0 Å². The number of benzene rings is 1. The van der Waals surface area contributed by atoms with E-state index in [1.54, 1.807) is 29.3 Å². The van der Waals surface area contributed by atoms with Crippen LogP contribution in [-0.2, 0) is 13.6 Å². The number of fused-ring (bicyclic) bond motifs is 2. The molecule has 0 spiro atoms. The number of anilines is 3. The minimum Gasteiger partial charge on any atom is -0.359 e. The van der Waals surface area contributed by atoms with Crippen molar-refractivity contribution in [2.24, 2.45) is 7.05 Å². The fourth-order valence-corrected chi connectivity index (χ4v) is 5.43. The Balaban J connectivity index is 1.26. The van der Waals surface area contributed by atoms with Gasteiger partial charge in [0.2, 0.25) is 5.95 Å². The van der Waals surface area contributed by atoms with Crippen molar-refractivity contribution in [3.05, 3.63) is 95.3 Å². The monoisotopic (exact) mass is 541 g/mol. The maximum atomic E-state index is 13.7. The molecule has 202 valence electrons. The molecule has 10 heteroatoms. The summed E-state index contributed by atoms with van der Waals surface area (Å²) in [5, 5.41) is 8.63. The lowest BCUT2D eigenvalue weighted by Gasteiger charge is -2.17. The van der Waals surface area contributed by atoms with E-state index in [4.69, 9.17) is 4.98 Å².